The summed E-state index contributed by atoms with van der Waals surface area (Å²) >= 11 is 0. The second kappa shape index (κ2) is 7.23. The van der Waals surface area contributed by atoms with Crippen LogP contribution in [0.5, 0.6) is 0 Å². The molecule has 0 aromatic carbocycles. The highest BCUT2D eigenvalue weighted by molar-refractivity contribution is 7.86. The van der Waals surface area contributed by atoms with Crippen LogP contribution in [0.3, 0.4) is 0 Å². The highest BCUT2D eigenvalue weighted by Crippen LogP contribution is 2.15. The Kier molecular flexibility index (Phi) is 5.27. The molecule has 23 heavy (non-hydrogen) atoms. The standard InChI is InChI=1S/C15H25N5O2S/c1-17-5-9-19(10-6-17)23(21,22)20-11-7-18(8-12-20)14-15-3-2-4-16-13-15/h2-4,13H,5-12,14H2,1H3. The molecule has 0 radical (unpaired) electrons. The zero-order valence-electron chi connectivity index (χ0n) is 13.6. The fourth-order valence-electron chi connectivity index (χ4n) is 3.05. The van der Waals surface area contributed by atoms with Crippen molar-refractivity contribution in [2.75, 3.05) is 59.4 Å². The SMILES string of the molecule is CN1CCN(S(=O)(=O)N2CCN(Cc3cccnc3)CC2)CC1. The molecule has 0 saturated carbocycles. The molecule has 3 rings (SSSR count). The van der Waals surface area contributed by atoms with Crippen molar-refractivity contribution in [2.45, 2.75) is 6.54 Å². The molecule has 7 nitrogen and oxygen atoms in total. The first-order valence-corrected chi connectivity index (χ1v) is 9.50. The Morgan fingerprint density at radius 2 is 1.61 bits per heavy atom. The molecular weight excluding hydrogens is 314 g/mol. The van der Waals surface area contributed by atoms with Crippen LogP contribution < -0.4 is 0 Å². The van der Waals surface area contributed by atoms with Crippen molar-refractivity contribution in [3.63, 3.8) is 0 Å². The summed E-state index contributed by atoms with van der Waals surface area (Å²) in [6, 6.07) is 3.99. The molecule has 128 valence electrons. The lowest BCUT2D eigenvalue weighted by Crippen LogP contribution is -2.56. The second-order valence-corrected chi connectivity index (χ2v) is 8.18. The van der Waals surface area contributed by atoms with Crippen LogP contribution in [0.15, 0.2) is 24.5 Å². The third-order valence-corrected chi connectivity index (χ3v) is 6.61. The van der Waals surface area contributed by atoms with Gasteiger partial charge in [-0.25, -0.2) is 0 Å². The quantitative estimate of drug-likeness (QED) is 0.753. The number of likely N-dealkylation sites (N-methyl/N-ethyl adjacent to an activating group) is 1. The maximum Gasteiger partial charge on any atom is 0.282 e. The minimum atomic E-state index is -3.30. The molecule has 3 heterocycles. The summed E-state index contributed by atoms with van der Waals surface area (Å²) in [5, 5.41) is 0. The smallest absolute Gasteiger partial charge is 0.282 e. The summed E-state index contributed by atoms with van der Waals surface area (Å²) in [7, 11) is -1.27. The lowest BCUT2D eigenvalue weighted by molar-refractivity contribution is 0.165. The predicted octanol–water partition coefficient (Wildman–Crippen LogP) is -0.309. The number of nitrogens with zero attached hydrogens (tertiary/aromatic N) is 5. The molecule has 2 aliphatic heterocycles. The first-order valence-electron chi connectivity index (χ1n) is 8.11. The zero-order chi connectivity index (χ0) is 16.3. The summed E-state index contributed by atoms with van der Waals surface area (Å²) in [4.78, 5) is 8.58. The highest BCUT2D eigenvalue weighted by atomic mass is 32.2. The van der Waals surface area contributed by atoms with Gasteiger partial charge in [0.05, 0.1) is 0 Å². The minimum absolute atomic E-state index is 0.564. The summed E-state index contributed by atoms with van der Waals surface area (Å²) in [5.74, 6) is 0. The van der Waals surface area contributed by atoms with Gasteiger partial charge < -0.3 is 4.90 Å². The van der Waals surface area contributed by atoms with E-state index in [-0.39, 0.29) is 0 Å². The summed E-state index contributed by atoms with van der Waals surface area (Å²) in [6.45, 7) is 6.29. The summed E-state index contributed by atoms with van der Waals surface area (Å²) in [5.41, 5.74) is 1.17. The summed E-state index contributed by atoms with van der Waals surface area (Å²) in [6.07, 6.45) is 3.64. The Labute approximate surface area is 138 Å². The first kappa shape index (κ1) is 16.8. The molecule has 0 aliphatic carbocycles. The van der Waals surface area contributed by atoms with Gasteiger partial charge in [-0.15, -0.1) is 0 Å². The predicted molar refractivity (Wildman–Crippen MR) is 89.1 cm³/mol. The highest BCUT2D eigenvalue weighted by Gasteiger charge is 2.33. The van der Waals surface area contributed by atoms with Gasteiger partial charge >= 0.3 is 0 Å². The van der Waals surface area contributed by atoms with E-state index in [0.29, 0.717) is 26.2 Å². The van der Waals surface area contributed by atoms with Gasteiger partial charge in [0.25, 0.3) is 10.2 Å². The van der Waals surface area contributed by atoms with Crippen molar-refractivity contribution in [2.24, 2.45) is 0 Å². The van der Waals surface area contributed by atoms with Crippen LogP contribution in [0.2, 0.25) is 0 Å². The van der Waals surface area contributed by atoms with Crippen LogP contribution in [0.25, 0.3) is 0 Å². The van der Waals surface area contributed by atoms with Gasteiger partial charge in [-0.2, -0.15) is 17.0 Å². The van der Waals surface area contributed by atoms with Crippen LogP contribution in [0.4, 0.5) is 0 Å². The van der Waals surface area contributed by atoms with Crippen LogP contribution in [0.1, 0.15) is 5.56 Å². The van der Waals surface area contributed by atoms with Crippen LogP contribution in [-0.4, -0.2) is 91.2 Å². The molecule has 0 amide bonds. The third-order valence-electron chi connectivity index (χ3n) is 4.58. The van der Waals surface area contributed by atoms with E-state index >= 15 is 0 Å². The largest absolute Gasteiger partial charge is 0.304 e. The monoisotopic (exact) mass is 339 g/mol. The number of hydrogen-bond acceptors (Lipinski definition) is 5. The van der Waals surface area contributed by atoms with Gasteiger partial charge in [0.15, 0.2) is 0 Å². The van der Waals surface area contributed by atoms with E-state index in [2.05, 4.69) is 20.9 Å². The summed E-state index contributed by atoms with van der Waals surface area (Å²) < 4.78 is 28.7. The van der Waals surface area contributed by atoms with Crippen molar-refractivity contribution in [1.29, 1.82) is 0 Å². The second-order valence-electron chi connectivity index (χ2n) is 6.25. The lowest BCUT2D eigenvalue weighted by atomic mass is 10.2. The van der Waals surface area contributed by atoms with Crippen molar-refractivity contribution in [3.05, 3.63) is 30.1 Å². The fourth-order valence-corrected chi connectivity index (χ4v) is 4.63. The van der Waals surface area contributed by atoms with Crippen molar-refractivity contribution in [3.8, 4) is 0 Å². The molecule has 0 spiro atoms. The molecule has 0 bridgehead atoms. The zero-order valence-corrected chi connectivity index (χ0v) is 14.5. The number of pyridine rings is 1. The van der Waals surface area contributed by atoms with Crippen LogP contribution in [0, 0.1) is 0 Å². The molecule has 0 N–H and O–H groups in total. The number of aromatic nitrogens is 1. The van der Waals surface area contributed by atoms with E-state index in [4.69, 9.17) is 0 Å². The molecule has 8 heteroatoms. The van der Waals surface area contributed by atoms with E-state index in [1.165, 1.54) is 5.56 Å². The van der Waals surface area contributed by atoms with Crippen LogP contribution >= 0.6 is 0 Å². The van der Waals surface area contributed by atoms with Crippen LogP contribution in [-0.2, 0) is 16.8 Å². The van der Waals surface area contributed by atoms with Gasteiger partial charge in [0, 0.05) is 71.3 Å². The topological polar surface area (TPSA) is 60.0 Å². The maximum absolute atomic E-state index is 12.7. The van der Waals surface area contributed by atoms with Gasteiger partial charge in [-0.1, -0.05) is 6.07 Å². The van der Waals surface area contributed by atoms with E-state index in [1.54, 1.807) is 14.8 Å². The number of hydrogen-bond donors (Lipinski definition) is 0. The number of piperazine rings is 2. The Morgan fingerprint density at radius 1 is 1.00 bits per heavy atom. The molecule has 1 aromatic rings. The average Bonchev–Trinajstić information content (AvgIpc) is 2.57. The van der Waals surface area contributed by atoms with Gasteiger partial charge in [0.2, 0.25) is 0 Å². The Balaban J connectivity index is 1.54. The van der Waals surface area contributed by atoms with Crippen molar-refractivity contribution in [1.82, 2.24) is 23.4 Å². The lowest BCUT2D eigenvalue weighted by Gasteiger charge is -2.39. The molecule has 1 aromatic heterocycles. The fraction of sp³-hybridized carbons (Fsp3) is 0.667. The van der Waals surface area contributed by atoms with E-state index in [9.17, 15) is 8.42 Å². The first-order chi connectivity index (χ1) is 11.1. The molecule has 2 saturated heterocycles. The Morgan fingerprint density at radius 3 is 2.17 bits per heavy atom. The minimum Gasteiger partial charge on any atom is -0.304 e. The molecule has 0 atom stereocenters. The molecular formula is C15H25N5O2S. The number of rotatable bonds is 4. The molecule has 0 unspecified atom stereocenters. The van der Waals surface area contributed by atoms with Gasteiger partial charge in [-0.3, -0.25) is 9.88 Å². The Hall–Kier alpha value is -1.06. The molecule has 2 fully saturated rings. The van der Waals surface area contributed by atoms with Crippen molar-refractivity contribution < 1.29 is 8.42 Å². The molecule has 2 aliphatic rings. The van der Waals surface area contributed by atoms with E-state index in [1.807, 2.05) is 19.3 Å². The maximum atomic E-state index is 12.7. The third kappa shape index (κ3) is 4.07. The average molecular weight is 339 g/mol. The normalized spacial score (nSPS) is 23.2. The van der Waals surface area contributed by atoms with E-state index in [0.717, 1.165) is 32.7 Å². The Bertz CT molecular complexity index is 594. The van der Waals surface area contributed by atoms with E-state index < -0.39 is 10.2 Å². The van der Waals surface area contributed by atoms with Gasteiger partial charge in [-0.05, 0) is 18.7 Å². The van der Waals surface area contributed by atoms with Gasteiger partial charge in [0.1, 0.15) is 0 Å². The van der Waals surface area contributed by atoms with Crippen molar-refractivity contribution >= 4 is 10.2 Å².